The van der Waals surface area contributed by atoms with Crippen LogP contribution < -0.4 is 15.4 Å². The van der Waals surface area contributed by atoms with Gasteiger partial charge in [-0.2, -0.15) is 8.78 Å². The normalized spacial score (nSPS) is 17.5. The summed E-state index contributed by atoms with van der Waals surface area (Å²) in [6, 6.07) is 22.9. The molecule has 0 saturated carbocycles. The molecule has 4 rings (SSSR count). The van der Waals surface area contributed by atoms with Crippen molar-refractivity contribution in [2.24, 2.45) is 5.92 Å². The minimum absolute atomic E-state index is 0.00853. The Morgan fingerprint density at radius 3 is 2.22 bits per heavy atom. The third-order valence-electron chi connectivity index (χ3n) is 6.34. The van der Waals surface area contributed by atoms with Crippen LogP contribution in [0, 0.1) is 5.92 Å². The van der Waals surface area contributed by atoms with E-state index >= 15 is 0 Å². The van der Waals surface area contributed by atoms with Crippen molar-refractivity contribution >= 4 is 23.3 Å². The maximum absolute atomic E-state index is 13.2. The number of urea groups is 1. The molecular weight excluding hydrogens is 464 g/mol. The van der Waals surface area contributed by atoms with E-state index in [2.05, 4.69) is 46.6 Å². The van der Waals surface area contributed by atoms with E-state index < -0.39 is 12.5 Å². The van der Waals surface area contributed by atoms with Gasteiger partial charge in [0.2, 0.25) is 5.91 Å². The van der Waals surface area contributed by atoms with Crippen molar-refractivity contribution in [3.8, 4) is 5.75 Å². The number of hydrogen-bond donors (Lipinski definition) is 2. The van der Waals surface area contributed by atoms with Crippen LogP contribution in [-0.4, -0.2) is 36.5 Å². The lowest BCUT2D eigenvalue weighted by molar-refractivity contribution is -0.121. The first-order chi connectivity index (χ1) is 17.4. The van der Waals surface area contributed by atoms with Gasteiger partial charge in [0.25, 0.3) is 0 Å². The second-order valence-electron chi connectivity index (χ2n) is 8.82. The van der Waals surface area contributed by atoms with Gasteiger partial charge >= 0.3 is 12.6 Å². The Bertz CT molecular complexity index is 1150. The molecule has 1 fully saturated rings. The molecule has 6 nitrogen and oxygen atoms in total. The molecule has 1 aliphatic rings. The first-order valence-electron chi connectivity index (χ1n) is 12.0. The number of aryl methyl sites for hydroxylation is 1. The van der Waals surface area contributed by atoms with E-state index in [0.29, 0.717) is 24.3 Å². The number of amides is 3. The molecule has 3 aromatic rings. The van der Waals surface area contributed by atoms with Crippen molar-refractivity contribution in [2.75, 3.05) is 23.7 Å². The fraction of sp³-hybridized carbons (Fsp3) is 0.286. The largest absolute Gasteiger partial charge is 0.435 e. The first-order valence-corrected chi connectivity index (χ1v) is 12.0. The van der Waals surface area contributed by atoms with Crippen LogP contribution in [-0.2, 0) is 11.2 Å². The standard InChI is InChI=1S/C28H29F2N3O3/c1-2-19-8-10-20(11-9-19)21-16-22(26(34)31-23-6-4-3-5-7-23)18-33(17-21)28(35)32-24-12-14-25(15-13-24)36-27(29)30/h3-15,21-22,27H,2,16-18H2,1H3,(H,31,34)(H,32,35). The zero-order chi connectivity index (χ0) is 25.5. The summed E-state index contributed by atoms with van der Waals surface area (Å²) in [4.78, 5) is 28.0. The number of para-hydroxylation sites is 1. The molecule has 2 N–H and O–H groups in total. The summed E-state index contributed by atoms with van der Waals surface area (Å²) < 4.78 is 29.2. The molecule has 1 heterocycles. The van der Waals surface area contributed by atoms with Gasteiger partial charge in [-0.15, -0.1) is 0 Å². The van der Waals surface area contributed by atoms with E-state index in [1.54, 1.807) is 4.90 Å². The lowest BCUT2D eigenvalue weighted by Crippen LogP contribution is -2.48. The molecule has 188 valence electrons. The summed E-state index contributed by atoms with van der Waals surface area (Å²) in [6.07, 6.45) is 1.55. The van der Waals surface area contributed by atoms with Crippen LogP contribution in [0.4, 0.5) is 25.0 Å². The predicted octanol–water partition coefficient (Wildman–Crippen LogP) is 6.13. The molecule has 1 saturated heterocycles. The second-order valence-corrected chi connectivity index (χ2v) is 8.82. The number of likely N-dealkylation sites (tertiary alicyclic amines) is 1. The lowest BCUT2D eigenvalue weighted by Gasteiger charge is -2.37. The Morgan fingerprint density at radius 2 is 1.58 bits per heavy atom. The molecule has 2 unspecified atom stereocenters. The number of anilines is 2. The van der Waals surface area contributed by atoms with Crippen molar-refractivity contribution in [1.82, 2.24) is 4.90 Å². The Hall–Kier alpha value is -3.94. The third kappa shape index (κ3) is 6.59. The molecule has 1 aliphatic heterocycles. The van der Waals surface area contributed by atoms with Gasteiger partial charge < -0.3 is 20.3 Å². The Kier molecular flexibility index (Phi) is 8.15. The van der Waals surface area contributed by atoms with Gasteiger partial charge in [-0.3, -0.25) is 4.79 Å². The van der Waals surface area contributed by atoms with E-state index in [9.17, 15) is 18.4 Å². The van der Waals surface area contributed by atoms with E-state index in [1.165, 1.54) is 29.8 Å². The highest BCUT2D eigenvalue weighted by Crippen LogP contribution is 2.32. The average molecular weight is 494 g/mol. The summed E-state index contributed by atoms with van der Waals surface area (Å²) in [5, 5.41) is 5.76. The molecule has 3 amide bonds. The van der Waals surface area contributed by atoms with Gasteiger partial charge in [-0.25, -0.2) is 4.79 Å². The minimum Gasteiger partial charge on any atom is -0.435 e. The summed E-state index contributed by atoms with van der Waals surface area (Å²) in [5.74, 6) is -0.539. The average Bonchev–Trinajstić information content (AvgIpc) is 2.90. The number of carbonyl (C=O) groups excluding carboxylic acids is 2. The third-order valence-corrected chi connectivity index (χ3v) is 6.34. The van der Waals surface area contributed by atoms with Crippen LogP contribution in [0.1, 0.15) is 30.4 Å². The summed E-state index contributed by atoms with van der Waals surface area (Å²) in [7, 11) is 0. The van der Waals surface area contributed by atoms with E-state index in [0.717, 1.165) is 12.0 Å². The van der Waals surface area contributed by atoms with Crippen LogP contribution >= 0.6 is 0 Å². The highest BCUT2D eigenvalue weighted by atomic mass is 19.3. The lowest BCUT2D eigenvalue weighted by atomic mass is 9.83. The number of piperidine rings is 1. The minimum atomic E-state index is -2.92. The van der Waals surface area contributed by atoms with Crippen LogP contribution in [0.3, 0.4) is 0 Å². The van der Waals surface area contributed by atoms with Gasteiger partial charge in [-0.1, -0.05) is 49.4 Å². The number of benzene rings is 3. The molecule has 0 bridgehead atoms. The Labute approximate surface area is 209 Å². The molecule has 3 aromatic carbocycles. The number of nitrogens with one attached hydrogen (secondary N) is 2. The maximum atomic E-state index is 13.2. The number of rotatable bonds is 7. The highest BCUT2D eigenvalue weighted by molar-refractivity contribution is 5.94. The molecule has 0 aliphatic carbocycles. The smallest absolute Gasteiger partial charge is 0.387 e. The zero-order valence-electron chi connectivity index (χ0n) is 20.0. The Balaban J connectivity index is 1.50. The van der Waals surface area contributed by atoms with Crippen molar-refractivity contribution in [3.05, 3.63) is 90.0 Å². The van der Waals surface area contributed by atoms with Crippen molar-refractivity contribution in [1.29, 1.82) is 0 Å². The number of alkyl halides is 2. The number of hydrogen-bond acceptors (Lipinski definition) is 3. The molecule has 8 heteroatoms. The Morgan fingerprint density at radius 1 is 0.917 bits per heavy atom. The highest BCUT2D eigenvalue weighted by Gasteiger charge is 2.34. The van der Waals surface area contributed by atoms with Crippen LogP contribution in [0.2, 0.25) is 0 Å². The fourth-order valence-electron chi connectivity index (χ4n) is 4.41. The van der Waals surface area contributed by atoms with E-state index in [4.69, 9.17) is 0 Å². The van der Waals surface area contributed by atoms with Gasteiger partial charge in [0.1, 0.15) is 5.75 Å². The summed E-state index contributed by atoms with van der Waals surface area (Å²) in [5.41, 5.74) is 3.46. The first kappa shape index (κ1) is 25.2. The van der Waals surface area contributed by atoms with E-state index in [-0.39, 0.29) is 30.2 Å². The van der Waals surface area contributed by atoms with Gasteiger partial charge in [-0.05, 0) is 60.4 Å². The van der Waals surface area contributed by atoms with Gasteiger partial charge in [0.05, 0.1) is 5.92 Å². The van der Waals surface area contributed by atoms with Crippen molar-refractivity contribution < 1.29 is 23.1 Å². The molecule has 36 heavy (non-hydrogen) atoms. The molecule has 0 radical (unpaired) electrons. The molecule has 0 aromatic heterocycles. The maximum Gasteiger partial charge on any atom is 0.387 e. The molecular formula is C28H29F2N3O3. The van der Waals surface area contributed by atoms with Crippen LogP contribution in [0.15, 0.2) is 78.9 Å². The van der Waals surface area contributed by atoms with Crippen molar-refractivity contribution in [2.45, 2.75) is 32.3 Å². The monoisotopic (exact) mass is 493 g/mol. The topological polar surface area (TPSA) is 70.7 Å². The SMILES string of the molecule is CCc1ccc(C2CC(C(=O)Nc3ccccc3)CN(C(=O)Nc3ccc(OC(F)F)cc3)C2)cc1. The van der Waals surface area contributed by atoms with Gasteiger partial charge in [0.15, 0.2) is 0 Å². The summed E-state index contributed by atoms with van der Waals surface area (Å²) >= 11 is 0. The quantitative estimate of drug-likeness (QED) is 0.416. The number of nitrogens with zero attached hydrogens (tertiary/aromatic N) is 1. The number of ether oxygens (including phenoxy) is 1. The number of halogens is 2. The molecule has 0 spiro atoms. The number of carbonyl (C=O) groups is 2. The second kappa shape index (κ2) is 11.7. The van der Waals surface area contributed by atoms with E-state index in [1.807, 2.05) is 30.3 Å². The van der Waals surface area contributed by atoms with Gasteiger partial charge in [0, 0.05) is 30.4 Å². The zero-order valence-corrected chi connectivity index (χ0v) is 20.0. The van der Waals surface area contributed by atoms with Crippen LogP contribution in [0.25, 0.3) is 0 Å². The van der Waals surface area contributed by atoms with Crippen LogP contribution in [0.5, 0.6) is 5.75 Å². The molecule has 2 atom stereocenters. The fourth-order valence-corrected chi connectivity index (χ4v) is 4.41. The predicted molar refractivity (Wildman–Crippen MR) is 135 cm³/mol. The summed E-state index contributed by atoms with van der Waals surface area (Å²) in [6.45, 7) is -0.0988. The van der Waals surface area contributed by atoms with Crippen molar-refractivity contribution in [3.63, 3.8) is 0 Å².